The quantitative estimate of drug-likeness (QED) is 0.559. The Labute approximate surface area is 195 Å². The van der Waals surface area contributed by atoms with E-state index in [-0.39, 0.29) is 34.4 Å². The number of hydrogen-bond acceptors (Lipinski definition) is 7. The number of allylic oxidation sites excluding steroid dienone is 2. The number of ketones is 1. The molecule has 0 aliphatic heterocycles. The molecule has 1 aliphatic carbocycles. The van der Waals surface area contributed by atoms with E-state index in [0.717, 1.165) is 0 Å². The molecular weight excluding hydrogens is 455 g/mol. The molecule has 1 aliphatic rings. The highest BCUT2D eigenvalue weighted by Crippen LogP contribution is 2.35. The predicted molar refractivity (Wildman–Crippen MR) is 121 cm³/mol. The number of pyridine rings is 2. The highest BCUT2D eigenvalue weighted by molar-refractivity contribution is 6.40. The van der Waals surface area contributed by atoms with Gasteiger partial charge in [-0.15, -0.1) is 0 Å². The number of rotatable bonds is 8. The molecular formula is C22H22Cl2N4O4. The Kier molecular flexibility index (Phi) is 7.16. The fraction of sp³-hybridized carbons (Fsp3) is 0.318. The predicted octanol–water partition coefficient (Wildman–Crippen LogP) is 3.59. The van der Waals surface area contributed by atoms with Crippen LogP contribution in [-0.4, -0.2) is 40.3 Å². The molecule has 0 spiro atoms. The van der Waals surface area contributed by atoms with Gasteiger partial charge >= 0.3 is 5.97 Å². The van der Waals surface area contributed by atoms with Crippen molar-refractivity contribution in [2.24, 2.45) is 5.41 Å². The summed E-state index contributed by atoms with van der Waals surface area (Å²) in [5, 5.41) is 6.05. The molecule has 0 saturated heterocycles. The SMILES string of the molecule is CCOC(=O)[C@H](Cc1ccc(NC(=O)c2c(Cl)cncc2Cl)cn1)NC1=CC(=O)C1(C)C. The maximum absolute atomic E-state index is 12.5. The maximum Gasteiger partial charge on any atom is 0.328 e. The summed E-state index contributed by atoms with van der Waals surface area (Å²) in [5.41, 5.74) is 1.15. The summed E-state index contributed by atoms with van der Waals surface area (Å²) in [5.74, 6) is -0.938. The van der Waals surface area contributed by atoms with Crippen LogP contribution in [0.1, 0.15) is 36.8 Å². The van der Waals surface area contributed by atoms with Gasteiger partial charge < -0.3 is 15.4 Å². The number of carbonyl (C=O) groups is 3. The van der Waals surface area contributed by atoms with E-state index in [1.807, 2.05) is 0 Å². The molecule has 1 atom stereocenters. The molecule has 3 rings (SSSR count). The lowest BCUT2D eigenvalue weighted by Crippen LogP contribution is -2.48. The second-order valence-electron chi connectivity index (χ2n) is 7.67. The van der Waals surface area contributed by atoms with E-state index >= 15 is 0 Å². The minimum absolute atomic E-state index is 0.00441. The van der Waals surface area contributed by atoms with Crippen molar-refractivity contribution in [1.82, 2.24) is 15.3 Å². The molecule has 10 heteroatoms. The lowest BCUT2D eigenvalue weighted by molar-refractivity contribution is -0.145. The molecule has 0 aromatic carbocycles. The van der Waals surface area contributed by atoms with Crippen molar-refractivity contribution in [2.75, 3.05) is 11.9 Å². The second kappa shape index (κ2) is 9.67. The van der Waals surface area contributed by atoms with Gasteiger partial charge in [0.15, 0.2) is 5.78 Å². The van der Waals surface area contributed by atoms with Crippen LogP contribution in [0.5, 0.6) is 0 Å². The van der Waals surface area contributed by atoms with Gasteiger partial charge in [-0.05, 0) is 32.9 Å². The van der Waals surface area contributed by atoms with Gasteiger partial charge in [0.2, 0.25) is 0 Å². The summed E-state index contributed by atoms with van der Waals surface area (Å²) >= 11 is 12.0. The lowest BCUT2D eigenvalue weighted by atomic mass is 9.74. The molecule has 0 bridgehead atoms. The molecule has 0 unspecified atom stereocenters. The summed E-state index contributed by atoms with van der Waals surface area (Å²) in [6, 6.07) is 2.63. The van der Waals surface area contributed by atoms with Crippen LogP contribution in [-0.2, 0) is 20.7 Å². The molecule has 0 radical (unpaired) electrons. The van der Waals surface area contributed by atoms with E-state index in [2.05, 4.69) is 20.6 Å². The van der Waals surface area contributed by atoms with Gasteiger partial charge in [-0.2, -0.15) is 0 Å². The van der Waals surface area contributed by atoms with Crippen LogP contribution in [0.25, 0.3) is 0 Å². The van der Waals surface area contributed by atoms with E-state index in [1.54, 1.807) is 32.9 Å². The Hall–Kier alpha value is -2.97. The smallest absolute Gasteiger partial charge is 0.328 e. The molecule has 2 heterocycles. The zero-order chi connectivity index (χ0) is 23.5. The molecule has 8 nitrogen and oxygen atoms in total. The third-order valence-electron chi connectivity index (χ3n) is 5.04. The first-order chi connectivity index (χ1) is 15.1. The van der Waals surface area contributed by atoms with Gasteiger partial charge in [0, 0.05) is 36.3 Å². The summed E-state index contributed by atoms with van der Waals surface area (Å²) in [6.45, 7) is 5.53. The van der Waals surface area contributed by atoms with Crippen LogP contribution in [0, 0.1) is 5.41 Å². The largest absolute Gasteiger partial charge is 0.464 e. The summed E-state index contributed by atoms with van der Waals surface area (Å²) in [4.78, 5) is 44.8. The van der Waals surface area contributed by atoms with E-state index in [9.17, 15) is 14.4 Å². The van der Waals surface area contributed by atoms with Gasteiger partial charge in [-0.3, -0.25) is 19.6 Å². The van der Waals surface area contributed by atoms with Crippen LogP contribution in [0.15, 0.2) is 42.5 Å². The van der Waals surface area contributed by atoms with E-state index in [4.69, 9.17) is 27.9 Å². The van der Waals surface area contributed by atoms with Gasteiger partial charge in [0.25, 0.3) is 5.91 Å². The minimum Gasteiger partial charge on any atom is -0.464 e. The van der Waals surface area contributed by atoms with Crippen molar-refractivity contribution in [3.05, 3.63) is 63.8 Å². The highest BCUT2D eigenvalue weighted by atomic mass is 35.5. The van der Waals surface area contributed by atoms with Crippen molar-refractivity contribution < 1.29 is 19.1 Å². The second-order valence-corrected chi connectivity index (χ2v) is 8.49. The first-order valence-corrected chi connectivity index (χ1v) is 10.6. The average Bonchev–Trinajstić information content (AvgIpc) is 2.74. The lowest BCUT2D eigenvalue weighted by Gasteiger charge is -2.36. The summed E-state index contributed by atoms with van der Waals surface area (Å²) in [6.07, 6.45) is 5.84. The highest BCUT2D eigenvalue weighted by Gasteiger charge is 2.41. The average molecular weight is 477 g/mol. The van der Waals surface area contributed by atoms with Gasteiger partial charge in [-0.25, -0.2) is 4.79 Å². The van der Waals surface area contributed by atoms with Crippen molar-refractivity contribution in [1.29, 1.82) is 0 Å². The van der Waals surface area contributed by atoms with E-state index < -0.39 is 23.3 Å². The van der Waals surface area contributed by atoms with Crippen molar-refractivity contribution in [3.8, 4) is 0 Å². The number of aromatic nitrogens is 2. The van der Waals surface area contributed by atoms with Crippen LogP contribution >= 0.6 is 23.2 Å². The fourth-order valence-electron chi connectivity index (χ4n) is 3.04. The molecule has 32 heavy (non-hydrogen) atoms. The van der Waals surface area contributed by atoms with Crippen molar-refractivity contribution in [2.45, 2.75) is 33.2 Å². The number of anilines is 1. The number of carbonyl (C=O) groups excluding carboxylic acids is 3. The Morgan fingerprint density at radius 3 is 2.38 bits per heavy atom. The van der Waals surface area contributed by atoms with Crippen LogP contribution in [0.2, 0.25) is 10.0 Å². The molecule has 0 fully saturated rings. The zero-order valence-electron chi connectivity index (χ0n) is 17.7. The zero-order valence-corrected chi connectivity index (χ0v) is 19.3. The van der Waals surface area contributed by atoms with Crippen LogP contribution in [0.3, 0.4) is 0 Å². The van der Waals surface area contributed by atoms with E-state index in [0.29, 0.717) is 17.1 Å². The van der Waals surface area contributed by atoms with Gasteiger partial charge in [-0.1, -0.05) is 23.2 Å². The molecule has 0 saturated carbocycles. The maximum atomic E-state index is 12.5. The first-order valence-electron chi connectivity index (χ1n) is 9.88. The number of nitrogens with zero attached hydrogens (tertiary/aromatic N) is 2. The fourth-order valence-corrected chi connectivity index (χ4v) is 3.58. The Morgan fingerprint density at radius 2 is 1.84 bits per heavy atom. The normalized spacial score (nSPS) is 15.3. The topological polar surface area (TPSA) is 110 Å². The molecule has 2 N–H and O–H groups in total. The third-order valence-corrected chi connectivity index (χ3v) is 5.62. The number of halogens is 2. The minimum atomic E-state index is -0.712. The first kappa shape index (κ1) is 23.7. The van der Waals surface area contributed by atoms with Crippen LogP contribution < -0.4 is 10.6 Å². The Balaban J connectivity index is 1.70. The number of amides is 1. The van der Waals surface area contributed by atoms with Crippen molar-refractivity contribution in [3.63, 3.8) is 0 Å². The molecule has 2 aromatic rings. The van der Waals surface area contributed by atoms with Crippen LogP contribution in [0.4, 0.5) is 5.69 Å². The molecule has 1 amide bonds. The monoisotopic (exact) mass is 476 g/mol. The Morgan fingerprint density at radius 1 is 1.16 bits per heavy atom. The Bertz CT molecular complexity index is 1060. The standard InChI is InChI=1S/C22H22Cl2N4O4/c1-4-32-21(31)16(28-17-8-18(29)22(17,2)3)7-12-5-6-13(9-26-12)27-20(30)19-14(23)10-25-11-15(19)24/h5-6,8-11,16,28H,4,7H2,1-3H3,(H,27,30)/t16-/m0/s1. The van der Waals surface area contributed by atoms with E-state index in [1.165, 1.54) is 24.7 Å². The van der Waals surface area contributed by atoms with Gasteiger partial charge in [0.1, 0.15) is 6.04 Å². The molecule has 2 aromatic heterocycles. The van der Waals surface area contributed by atoms with Gasteiger partial charge in [0.05, 0.1) is 39.5 Å². The number of nitrogens with one attached hydrogen (secondary N) is 2. The summed E-state index contributed by atoms with van der Waals surface area (Å²) < 4.78 is 5.16. The van der Waals surface area contributed by atoms with Crippen molar-refractivity contribution >= 4 is 46.5 Å². The molecule has 168 valence electrons. The number of hydrogen-bond donors (Lipinski definition) is 2. The third kappa shape index (κ3) is 5.08. The number of ether oxygens (including phenoxy) is 1. The summed E-state index contributed by atoms with van der Waals surface area (Å²) in [7, 11) is 0. The number of esters is 1.